The van der Waals surface area contributed by atoms with E-state index >= 15 is 0 Å². The molecule has 2 amide bonds. The van der Waals surface area contributed by atoms with Gasteiger partial charge in [0.1, 0.15) is 0 Å². The van der Waals surface area contributed by atoms with Crippen LogP contribution in [0.2, 0.25) is 0 Å². The van der Waals surface area contributed by atoms with Gasteiger partial charge in [0.05, 0.1) is 18.3 Å². The third-order valence-corrected chi connectivity index (χ3v) is 5.04. The van der Waals surface area contributed by atoms with Gasteiger partial charge in [0.25, 0.3) is 0 Å². The maximum atomic E-state index is 12.9. The molecule has 2 fully saturated rings. The Bertz CT molecular complexity index is 598. The van der Waals surface area contributed by atoms with Gasteiger partial charge in [-0.1, -0.05) is 19.3 Å². The number of hydrogen-bond acceptors (Lipinski definition) is 4. The monoisotopic (exact) mass is 330 g/mol. The van der Waals surface area contributed by atoms with E-state index < -0.39 is 0 Å². The number of hydrogen-bond donors (Lipinski definition) is 1. The van der Waals surface area contributed by atoms with Crippen LogP contribution >= 0.6 is 0 Å². The van der Waals surface area contributed by atoms with Gasteiger partial charge in [-0.15, -0.1) is 0 Å². The highest BCUT2D eigenvalue weighted by molar-refractivity contribution is 5.79. The molecular weight excluding hydrogens is 304 g/mol. The molecule has 1 aliphatic heterocycles. The summed E-state index contributed by atoms with van der Waals surface area (Å²) in [5.41, 5.74) is 0.784. The van der Waals surface area contributed by atoms with Gasteiger partial charge in [-0.3, -0.25) is 9.59 Å². The summed E-state index contributed by atoms with van der Waals surface area (Å²) in [7, 11) is 0. The summed E-state index contributed by atoms with van der Waals surface area (Å²) < 4.78 is 0. The molecule has 0 spiro atoms. The molecule has 2 heterocycles. The van der Waals surface area contributed by atoms with E-state index in [-0.39, 0.29) is 23.8 Å². The van der Waals surface area contributed by atoms with E-state index in [0.29, 0.717) is 12.4 Å². The molecule has 1 unspecified atom stereocenters. The maximum Gasteiger partial charge on any atom is 0.226 e. The van der Waals surface area contributed by atoms with E-state index in [9.17, 15) is 9.59 Å². The molecule has 6 nitrogen and oxygen atoms in total. The quantitative estimate of drug-likeness (QED) is 0.919. The molecule has 1 N–H and O–H groups in total. The van der Waals surface area contributed by atoms with Crippen LogP contribution in [0.1, 0.15) is 69.4 Å². The Hall–Kier alpha value is -1.98. The lowest BCUT2D eigenvalue weighted by Gasteiger charge is -2.30. The fraction of sp³-hybridized carbons (Fsp3) is 0.667. The van der Waals surface area contributed by atoms with E-state index in [1.165, 1.54) is 13.3 Å². The number of nitrogens with zero attached hydrogens (tertiary/aromatic N) is 3. The van der Waals surface area contributed by atoms with Crippen LogP contribution in [0.3, 0.4) is 0 Å². The minimum absolute atomic E-state index is 0.0169. The molecule has 0 aromatic carbocycles. The average molecular weight is 330 g/mol. The van der Waals surface area contributed by atoms with Gasteiger partial charge in [0.15, 0.2) is 5.82 Å². The zero-order chi connectivity index (χ0) is 16.9. The molecule has 1 aromatic rings. The third kappa shape index (κ3) is 3.91. The molecule has 2 aliphatic rings. The van der Waals surface area contributed by atoms with Gasteiger partial charge < -0.3 is 10.2 Å². The molecule has 1 aromatic heterocycles. The minimum Gasteiger partial charge on any atom is -0.351 e. The highest BCUT2D eigenvalue weighted by atomic mass is 16.2. The summed E-state index contributed by atoms with van der Waals surface area (Å²) in [5.74, 6) is 1.10. The van der Waals surface area contributed by atoms with Gasteiger partial charge in [-0.2, -0.15) is 0 Å². The topological polar surface area (TPSA) is 75.2 Å². The minimum atomic E-state index is -0.0786. The Labute approximate surface area is 143 Å². The van der Waals surface area contributed by atoms with Crippen LogP contribution in [0.5, 0.6) is 0 Å². The first-order valence-electron chi connectivity index (χ1n) is 9.02. The summed E-state index contributed by atoms with van der Waals surface area (Å²) in [6, 6.07) is 1.79. The molecule has 3 rings (SSSR count). The second-order valence-corrected chi connectivity index (χ2v) is 6.84. The molecule has 1 saturated heterocycles. The fourth-order valence-corrected chi connectivity index (χ4v) is 3.77. The van der Waals surface area contributed by atoms with Crippen molar-refractivity contribution in [2.75, 3.05) is 6.54 Å². The second kappa shape index (κ2) is 7.73. The number of carbonyl (C=O) groups is 2. The van der Waals surface area contributed by atoms with Crippen molar-refractivity contribution in [3.63, 3.8) is 0 Å². The first-order chi connectivity index (χ1) is 11.6. The largest absolute Gasteiger partial charge is 0.351 e. The van der Waals surface area contributed by atoms with Crippen LogP contribution in [-0.2, 0) is 16.1 Å². The lowest BCUT2D eigenvalue weighted by molar-refractivity contribution is -0.137. The third-order valence-electron chi connectivity index (χ3n) is 5.04. The molecule has 6 heteroatoms. The van der Waals surface area contributed by atoms with Crippen LogP contribution in [0.15, 0.2) is 12.3 Å². The zero-order valence-electron chi connectivity index (χ0n) is 14.3. The second-order valence-electron chi connectivity index (χ2n) is 6.84. The predicted molar refractivity (Wildman–Crippen MR) is 89.8 cm³/mol. The Morgan fingerprint density at radius 2 is 2.00 bits per heavy atom. The highest BCUT2D eigenvalue weighted by Gasteiger charge is 2.35. The number of rotatable bonds is 4. The summed E-state index contributed by atoms with van der Waals surface area (Å²) >= 11 is 0. The average Bonchev–Trinajstić information content (AvgIpc) is 3.10. The number of nitrogens with one attached hydrogen (secondary N) is 1. The van der Waals surface area contributed by atoms with E-state index in [2.05, 4.69) is 15.3 Å². The molecule has 0 bridgehead atoms. The van der Waals surface area contributed by atoms with Gasteiger partial charge >= 0.3 is 0 Å². The Balaban J connectivity index is 1.71. The van der Waals surface area contributed by atoms with Crippen molar-refractivity contribution in [1.82, 2.24) is 20.2 Å². The van der Waals surface area contributed by atoms with Crippen molar-refractivity contribution in [2.24, 2.45) is 5.92 Å². The predicted octanol–water partition coefficient (Wildman–Crippen LogP) is 2.36. The van der Waals surface area contributed by atoms with Gasteiger partial charge in [0, 0.05) is 25.6 Å². The molecule has 130 valence electrons. The van der Waals surface area contributed by atoms with E-state index in [4.69, 9.17) is 0 Å². The summed E-state index contributed by atoms with van der Waals surface area (Å²) in [6.45, 7) is 2.69. The molecule has 24 heavy (non-hydrogen) atoms. The van der Waals surface area contributed by atoms with Crippen molar-refractivity contribution in [2.45, 2.75) is 64.5 Å². The Morgan fingerprint density at radius 1 is 1.21 bits per heavy atom. The van der Waals surface area contributed by atoms with Crippen LogP contribution < -0.4 is 5.32 Å². The van der Waals surface area contributed by atoms with Crippen LogP contribution in [-0.4, -0.2) is 33.2 Å². The van der Waals surface area contributed by atoms with E-state index in [0.717, 1.165) is 50.8 Å². The molecular formula is C18H26N4O2. The van der Waals surface area contributed by atoms with Crippen molar-refractivity contribution in [1.29, 1.82) is 0 Å². The lowest BCUT2D eigenvalue weighted by Crippen LogP contribution is -2.37. The van der Waals surface area contributed by atoms with Gasteiger partial charge in [-0.25, -0.2) is 9.97 Å². The van der Waals surface area contributed by atoms with E-state index in [1.54, 1.807) is 6.20 Å². The Morgan fingerprint density at radius 3 is 2.75 bits per heavy atom. The summed E-state index contributed by atoms with van der Waals surface area (Å²) in [6.07, 6.45) is 9.26. The summed E-state index contributed by atoms with van der Waals surface area (Å²) in [4.78, 5) is 35.0. The molecule has 1 atom stereocenters. The molecule has 0 radical (unpaired) electrons. The van der Waals surface area contributed by atoms with Crippen LogP contribution in [0.25, 0.3) is 0 Å². The van der Waals surface area contributed by atoms with Crippen LogP contribution in [0.4, 0.5) is 0 Å². The highest BCUT2D eigenvalue weighted by Crippen LogP contribution is 2.34. The van der Waals surface area contributed by atoms with Crippen molar-refractivity contribution in [3.05, 3.63) is 23.8 Å². The van der Waals surface area contributed by atoms with Crippen molar-refractivity contribution < 1.29 is 9.59 Å². The number of carbonyl (C=O) groups excluding carboxylic acids is 2. The van der Waals surface area contributed by atoms with Crippen LogP contribution in [0, 0.1) is 5.92 Å². The number of amides is 2. The first kappa shape index (κ1) is 16.9. The van der Waals surface area contributed by atoms with Crippen molar-refractivity contribution in [3.8, 4) is 0 Å². The standard InChI is InChI=1S/C18H26N4O2/c1-13(23)20-12-15-9-10-19-17(21-15)16-8-5-11-22(16)18(24)14-6-3-2-4-7-14/h9-10,14,16H,2-8,11-12H2,1H3,(H,20,23). The maximum absolute atomic E-state index is 12.9. The first-order valence-corrected chi connectivity index (χ1v) is 9.02. The Kier molecular flexibility index (Phi) is 5.43. The van der Waals surface area contributed by atoms with Gasteiger partial charge in [0.2, 0.25) is 11.8 Å². The SMILES string of the molecule is CC(=O)NCc1ccnc(C2CCCN2C(=O)C2CCCCC2)n1. The summed E-state index contributed by atoms with van der Waals surface area (Å²) in [5, 5.41) is 2.76. The zero-order valence-corrected chi connectivity index (χ0v) is 14.3. The fourth-order valence-electron chi connectivity index (χ4n) is 3.77. The number of aromatic nitrogens is 2. The molecule has 1 saturated carbocycles. The smallest absolute Gasteiger partial charge is 0.226 e. The molecule has 1 aliphatic carbocycles. The number of likely N-dealkylation sites (tertiary alicyclic amines) is 1. The van der Waals surface area contributed by atoms with Gasteiger partial charge in [-0.05, 0) is 31.7 Å². The van der Waals surface area contributed by atoms with E-state index in [1.807, 2.05) is 11.0 Å². The normalized spacial score (nSPS) is 21.7. The van der Waals surface area contributed by atoms with Crippen molar-refractivity contribution >= 4 is 11.8 Å². The lowest BCUT2D eigenvalue weighted by atomic mass is 9.88.